The fourth-order valence-corrected chi connectivity index (χ4v) is 3.66. The average Bonchev–Trinajstić information content (AvgIpc) is 3.17. The highest BCUT2D eigenvalue weighted by Crippen LogP contribution is 2.29. The second kappa shape index (κ2) is 9.39. The molecule has 6 nitrogen and oxygen atoms in total. The average molecular weight is 428 g/mol. The van der Waals surface area contributed by atoms with Crippen LogP contribution in [0.15, 0.2) is 85.5 Å². The molecule has 1 heterocycles. The fraction of sp³-hybridized carbons (Fsp3) is 0.154. The van der Waals surface area contributed by atoms with Crippen LogP contribution in [0.1, 0.15) is 27.8 Å². The summed E-state index contributed by atoms with van der Waals surface area (Å²) in [6, 6.07) is 22.4. The molecule has 1 aromatic heterocycles. The van der Waals surface area contributed by atoms with Crippen molar-refractivity contribution in [3.8, 4) is 11.5 Å². The molecule has 4 aromatic rings. The molecule has 0 radical (unpaired) electrons. The first-order chi connectivity index (χ1) is 15.6. The first-order valence-electron chi connectivity index (χ1n) is 10.3. The van der Waals surface area contributed by atoms with Crippen LogP contribution in [-0.2, 0) is 7.05 Å². The largest absolute Gasteiger partial charge is 0.493 e. The predicted octanol–water partition coefficient (Wildman–Crippen LogP) is 4.67. The van der Waals surface area contributed by atoms with Gasteiger partial charge in [0.1, 0.15) is 18.5 Å². The van der Waals surface area contributed by atoms with Crippen LogP contribution in [0.3, 0.4) is 0 Å². The minimum Gasteiger partial charge on any atom is -0.493 e. The Labute approximate surface area is 187 Å². The fourth-order valence-electron chi connectivity index (χ4n) is 3.66. The summed E-state index contributed by atoms with van der Waals surface area (Å²) >= 11 is 0. The van der Waals surface area contributed by atoms with Crippen molar-refractivity contribution in [3.63, 3.8) is 0 Å². The Morgan fingerprint density at radius 1 is 1.09 bits per heavy atom. The molecule has 3 aromatic carbocycles. The summed E-state index contributed by atoms with van der Waals surface area (Å²) in [7, 11) is 3.51. The molecule has 32 heavy (non-hydrogen) atoms. The zero-order chi connectivity index (χ0) is 22.5. The smallest absolute Gasteiger partial charge is 0.252 e. The van der Waals surface area contributed by atoms with Gasteiger partial charge in [0, 0.05) is 12.6 Å². The van der Waals surface area contributed by atoms with E-state index >= 15 is 0 Å². The monoisotopic (exact) mass is 427 g/mol. The number of para-hydroxylation sites is 2. The summed E-state index contributed by atoms with van der Waals surface area (Å²) in [5, 5.41) is 3.15. The summed E-state index contributed by atoms with van der Waals surface area (Å²) in [6.07, 6.45) is 1.65. The minimum absolute atomic E-state index is 0.237. The zero-order valence-corrected chi connectivity index (χ0v) is 18.1. The van der Waals surface area contributed by atoms with Crippen molar-refractivity contribution in [1.29, 1.82) is 0 Å². The number of imidazole rings is 1. The molecular weight excluding hydrogens is 402 g/mol. The van der Waals surface area contributed by atoms with Crippen LogP contribution in [0, 0.1) is 0 Å². The van der Waals surface area contributed by atoms with Gasteiger partial charge >= 0.3 is 0 Å². The van der Waals surface area contributed by atoms with Crippen molar-refractivity contribution in [1.82, 2.24) is 14.9 Å². The number of hydrogen-bond acceptors (Lipinski definition) is 4. The van der Waals surface area contributed by atoms with E-state index in [9.17, 15) is 4.79 Å². The Morgan fingerprint density at radius 3 is 2.56 bits per heavy atom. The van der Waals surface area contributed by atoms with Gasteiger partial charge in [-0.15, -0.1) is 0 Å². The maximum atomic E-state index is 13.3. The van der Waals surface area contributed by atoms with Gasteiger partial charge in [-0.25, -0.2) is 4.98 Å². The number of aromatic nitrogens is 2. The number of fused-ring (bicyclic) bond motifs is 1. The first kappa shape index (κ1) is 21.2. The second-order valence-electron chi connectivity index (χ2n) is 7.30. The molecule has 162 valence electrons. The zero-order valence-electron chi connectivity index (χ0n) is 18.1. The topological polar surface area (TPSA) is 65.4 Å². The summed E-state index contributed by atoms with van der Waals surface area (Å²) in [5.74, 6) is 1.56. The standard InChI is InChI=1S/C26H25N3O3/c1-4-16-32-22-15-14-19(17-23(22)31-3)26(30)28-24(18-10-6-5-7-11-18)25-27-20-12-8-9-13-21(20)29(25)2/h4-15,17,24H,1,16H2,2-3H3,(H,28,30). The van der Waals surface area contributed by atoms with Crippen LogP contribution >= 0.6 is 0 Å². The summed E-state index contributed by atoms with van der Waals surface area (Å²) < 4.78 is 13.0. The third-order valence-electron chi connectivity index (χ3n) is 5.27. The van der Waals surface area contributed by atoms with Gasteiger partial charge in [0.05, 0.1) is 18.1 Å². The molecule has 0 spiro atoms. The summed E-state index contributed by atoms with van der Waals surface area (Å²) in [4.78, 5) is 18.1. The van der Waals surface area contributed by atoms with Crippen LogP contribution in [-0.4, -0.2) is 29.2 Å². The number of nitrogens with one attached hydrogen (secondary N) is 1. The maximum Gasteiger partial charge on any atom is 0.252 e. The van der Waals surface area contributed by atoms with Crippen molar-refractivity contribution in [2.75, 3.05) is 13.7 Å². The molecule has 0 aliphatic rings. The number of hydrogen-bond donors (Lipinski definition) is 1. The van der Waals surface area contributed by atoms with Gasteiger partial charge in [-0.3, -0.25) is 4.79 Å². The van der Waals surface area contributed by atoms with E-state index in [4.69, 9.17) is 14.5 Å². The van der Waals surface area contributed by atoms with E-state index in [2.05, 4.69) is 11.9 Å². The SMILES string of the molecule is C=CCOc1ccc(C(=O)NC(c2ccccc2)c2nc3ccccc3n2C)cc1OC. The number of methoxy groups -OCH3 is 1. The number of carbonyl (C=O) groups is 1. The van der Waals surface area contributed by atoms with Crippen LogP contribution in [0.5, 0.6) is 11.5 Å². The number of ether oxygens (including phenoxy) is 2. The van der Waals surface area contributed by atoms with E-state index in [1.165, 1.54) is 0 Å². The Kier molecular flexibility index (Phi) is 6.22. The Bertz CT molecular complexity index is 1250. The molecule has 0 bridgehead atoms. The van der Waals surface area contributed by atoms with Crippen LogP contribution < -0.4 is 14.8 Å². The highest BCUT2D eigenvalue weighted by Gasteiger charge is 2.23. The predicted molar refractivity (Wildman–Crippen MR) is 125 cm³/mol. The molecule has 1 amide bonds. The molecule has 1 N–H and O–H groups in total. The lowest BCUT2D eigenvalue weighted by atomic mass is 10.1. The lowest BCUT2D eigenvalue weighted by molar-refractivity contribution is 0.0940. The molecule has 4 rings (SSSR count). The third kappa shape index (κ3) is 4.21. The number of rotatable bonds is 8. The van der Waals surface area contributed by atoms with Gasteiger partial charge < -0.3 is 19.4 Å². The highest BCUT2D eigenvalue weighted by molar-refractivity contribution is 5.95. The minimum atomic E-state index is -0.427. The van der Waals surface area contributed by atoms with E-state index < -0.39 is 6.04 Å². The van der Waals surface area contributed by atoms with E-state index in [1.807, 2.05) is 66.2 Å². The van der Waals surface area contributed by atoms with E-state index in [-0.39, 0.29) is 5.91 Å². The Morgan fingerprint density at radius 2 is 1.84 bits per heavy atom. The van der Waals surface area contributed by atoms with Gasteiger partial charge in [-0.05, 0) is 35.9 Å². The second-order valence-corrected chi connectivity index (χ2v) is 7.30. The first-order valence-corrected chi connectivity index (χ1v) is 10.3. The Balaban J connectivity index is 1.69. The van der Waals surface area contributed by atoms with Crippen LogP contribution in [0.4, 0.5) is 0 Å². The van der Waals surface area contributed by atoms with Crippen molar-refractivity contribution >= 4 is 16.9 Å². The summed E-state index contributed by atoms with van der Waals surface area (Å²) in [6.45, 7) is 4.00. The Hall–Kier alpha value is -4.06. The molecule has 0 aliphatic carbocycles. The molecule has 0 saturated carbocycles. The molecule has 1 atom stereocenters. The van der Waals surface area contributed by atoms with E-state index in [0.717, 1.165) is 22.4 Å². The lowest BCUT2D eigenvalue weighted by Crippen LogP contribution is -2.31. The molecule has 0 fully saturated rings. The number of aryl methyl sites for hydroxylation is 1. The van der Waals surface area contributed by atoms with Gasteiger partial charge in [0.15, 0.2) is 11.5 Å². The molecule has 6 heteroatoms. The van der Waals surface area contributed by atoms with Crippen molar-refractivity contribution in [2.24, 2.45) is 7.05 Å². The maximum absolute atomic E-state index is 13.3. The van der Waals surface area contributed by atoms with Gasteiger partial charge in [-0.2, -0.15) is 0 Å². The molecule has 1 unspecified atom stereocenters. The quantitative estimate of drug-likeness (QED) is 0.415. The van der Waals surface area contributed by atoms with Gasteiger partial charge in [0.2, 0.25) is 0 Å². The molecular formula is C26H25N3O3. The third-order valence-corrected chi connectivity index (χ3v) is 5.27. The number of carbonyl (C=O) groups excluding carboxylic acids is 1. The normalized spacial score (nSPS) is 11.7. The van der Waals surface area contributed by atoms with Crippen LogP contribution in [0.2, 0.25) is 0 Å². The number of amides is 1. The van der Waals surface area contributed by atoms with E-state index in [1.54, 1.807) is 31.4 Å². The number of benzene rings is 3. The highest BCUT2D eigenvalue weighted by atomic mass is 16.5. The van der Waals surface area contributed by atoms with Crippen molar-refractivity contribution in [3.05, 3.63) is 102 Å². The number of nitrogens with zero attached hydrogens (tertiary/aromatic N) is 2. The molecule has 0 saturated heterocycles. The molecule has 0 aliphatic heterocycles. The summed E-state index contributed by atoms with van der Waals surface area (Å²) in [5.41, 5.74) is 3.29. The van der Waals surface area contributed by atoms with E-state index in [0.29, 0.717) is 23.7 Å². The van der Waals surface area contributed by atoms with Gasteiger partial charge in [-0.1, -0.05) is 55.1 Å². The van der Waals surface area contributed by atoms with Crippen LogP contribution in [0.25, 0.3) is 11.0 Å². The van der Waals surface area contributed by atoms with Crippen molar-refractivity contribution < 1.29 is 14.3 Å². The lowest BCUT2D eigenvalue weighted by Gasteiger charge is -2.20. The van der Waals surface area contributed by atoms with Gasteiger partial charge in [0.25, 0.3) is 5.91 Å². The van der Waals surface area contributed by atoms with Crippen molar-refractivity contribution in [2.45, 2.75) is 6.04 Å².